The Labute approximate surface area is 286 Å². The van der Waals surface area contributed by atoms with E-state index in [4.69, 9.17) is 32.6 Å². The highest BCUT2D eigenvalue weighted by Gasteiger charge is 2.68. The molecule has 3 unspecified atom stereocenters. The molecule has 0 aromatic heterocycles. The molecule has 0 bridgehead atoms. The molecular weight excluding hydrogens is 650 g/mol. The Morgan fingerprint density at radius 3 is 1.63 bits per heavy atom. The van der Waals surface area contributed by atoms with E-state index in [9.17, 15) is 13.2 Å². The first-order valence-corrected chi connectivity index (χ1v) is 17.3. The van der Waals surface area contributed by atoms with Gasteiger partial charge in [0.15, 0.2) is 0 Å². The molecule has 2 aliphatic rings. The van der Waals surface area contributed by atoms with Crippen LogP contribution in [0, 0.1) is 0 Å². The van der Waals surface area contributed by atoms with Crippen molar-refractivity contribution in [3.05, 3.63) is 144 Å². The van der Waals surface area contributed by atoms with Gasteiger partial charge in [0.25, 0.3) is 0 Å². The second-order valence-electron chi connectivity index (χ2n) is 11.7. The van der Waals surface area contributed by atoms with Gasteiger partial charge in [-0.1, -0.05) is 121 Å². The maximum atomic E-state index is 13.4. The van der Waals surface area contributed by atoms with Crippen LogP contribution < -0.4 is 0 Å². The Morgan fingerprint density at radius 2 is 1.14 bits per heavy atom. The van der Waals surface area contributed by atoms with Crippen molar-refractivity contribution in [2.45, 2.75) is 56.6 Å². The molecule has 2 fully saturated rings. The van der Waals surface area contributed by atoms with Crippen LogP contribution in [-0.4, -0.2) is 69.3 Å². The lowest BCUT2D eigenvalue weighted by Crippen LogP contribution is -2.73. The van der Waals surface area contributed by atoms with Gasteiger partial charge in [0, 0.05) is 0 Å². The summed E-state index contributed by atoms with van der Waals surface area (Å²) in [4.78, 5) is 13.3. The van der Waals surface area contributed by atoms with Crippen molar-refractivity contribution in [2.24, 2.45) is 0 Å². The van der Waals surface area contributed by atoms with Gasteiger partial charge in [-0.2, -0.15) is 8.42 Å². The summed E-state index contributed by atoms with van der Waals surface area (Å²) in [5, 5.41) is 0. The van der Waals surface area contributed by atoms with Crippen molar-refractivity contribution < 1.29 is 45.8 Å². The van der Waals surface area contributed by atoms with Crippen molar-refractivity contribution >= 4 is 16.4 Å². The Hall–Kier alpha value is -4.14. The van der Waals surface area contributed by atoms with E-state index in [-0.39, 0.29) is 33.0 Å². The molecule has 2 saturated heterocycles. The van der Waals surface area contributed by atoms with Gasteiger partial charge in [-0.15, -0.1) is 4.31 Å². The summed E-state index contributed by atoms with van der Waals surface area (Å²) in [6, 6.07) is 38.1. The second kappa shape index (κ2) is 16.0. The lowest BCUT2D eigenvalue weighted by molar-refractivity contribution is -0.327. The zero-order chi connectivity index (χ0) is 34.1. The normalized spacial score (nSPS) is 24.6. The molecule has 0 radical (unpaired) electrons. The number of rotatable bonds is 13. The molecule has 6 rings (SSSR count). The van der Waals surface area contributed by atoms with Crippen molar-refractivity contribution in [1.82, 2.24) is 4.31 Å². The van der Waals surface area contributed by atoms with Crippen LogP contribution in [0.3, 0.4) is 0 Å². The highest BCUT2D eigenvalue weighted by atomic mass is 32.2. The summed E-state index contributed by atoms with van der Waals surface area (Å²) < 4.78 is 70.3. The van der Waals surface area contributed by atoms with Crippen molar-refractivity contribution in [3.63, 3.8) is 0 Å². The Bertz CT molecular complexity index is 1730. The van der Waals surface area contributed by atoms with Crippen LogP contribution in [0.25, 0.3) is 0 Å². The number of benzene rings is 4. The first-order chi connectivity index (χ1) is 23.9. The van der Waals surface area contributed by atoms with Gasteiger partial charge in [-0.25, -0.2) is 8.98 Å². The molecule has 4 aromatic rings. The van der Waals surface area contributed by atoms with Gasteiger partial charge >= 0.3 is 16.4 Å². The summed E-state index contributed by atoms with van der Waals surface area (Å²) in [6.07, 6.45) is -5.22. The van der Waals surface area contributed by atoms with Gasteiger partial charge in [0.05, 0.1) is 40.1 Å². The maximum Gasteiger partial charge on any atom is 0.427 e. The predicted molar refractivity (Wildman–Crippen MR) is 178 cm³/mol. The maximum absolute atomic E-state index is 13.4. The number of carbonyl (C=O) groups is 1. The third-order valence-corrected chi connectivity index (χ3v) is 9.67. The molecule has 12 heteroatoms. The van der Waals surface area contributed by atoms with E-state index >= 15 is 0 Å². The topological polar surface area (TPSA) is 119 Å². The number of ether oxygens (including phenoxy) is 6. The summed E-state index contributed by atoms with van der Waals surface area (Å²) in [5.74, 6) is 0. The minimum Gasteiger partial charge on any atom is -0.452 e. The first kappa shape index (κ1) is 34.7. The van der Waals surface area contributed by atoms with E-state index in [2.05, 4.69) is 0 Å². The minimum absolute atomic E-state index is 0.0391. The summed E-state index contributed by atoms with van der Waals surface area (Å²) >= 11 is 0. The Morgan fingerprint density at radius 1 is 0.694 bits per heavy atom. The van der Waals surface area contributed by atoms with Crippen LogP contribution >= 0.6 is 0 Å². The fraction of sp³-hybridized carbons (Fsp3) is 0.324. The van der Waals surface area contributed by atoms with Crippen LogP contribution in [0.4, 0.5) is 4.79 Å². The Balaban J connectivity index is 1.41. The fourth-order valence-corrected chi connectivity index (χ4v) is 7.26. The van der Waals surface area contributed by atoms with Crippen molar-refractivity contribution in [2.75, 3.05) is 20.3 Å². The van der Waals surface area contributed by atoms with E-state index in [1.165, 1.54) is 0 Å². The summed E-state index contributed by atoms with van der Waals surface area (Å²) in [7, 11) is -3.57. The molecule has 4 aromatic carbocycles. The van der Waals surface area contributed by atoms with Gasteiger partial charge in [0.1, 0.15) is 31.0 Å². The van der Waals surface area contributed by atoms with Gasteiger partial charge in [-0.3, -0.25) is 0 Å². The second-order valence-corrected chi connectivity index (χ2v) is 13.2. The van der Waals surface area contributed by atoms with Crippen LogP contribution in [-0.2, 0) is 69.3 Å². The first-order valence-electron chi connectivity index (χ1n) is 15.9. The number of carbonyl (C=O) groups excluding carboxylic acids is 1. The van der Waals surface area contributed by atoms with Crippen LogP contribution in [0.1, 0.15) is 22.3 Å². The molecule has 0 saturated carbocycles. The molecular formula is C37H39NO10S. The highest BCUT2D eigenvalue weighted by molar-refractivity contribution is 7.85. The zero-order valence-electron chi connectivity index (χ0n) is 27.0. The Kier molecular flexibility index (Phi) is 11.4. The average molecular weight is 690 g/mol. The number of hydrogen-bond acceptors (Lipinski definition) is 10. The third kappa shape index (κ3) is 8.19. The lowest BCUT2D eigenvalue weighted by Gasteiger charge is -2.51. The van der Waals surface area contributed by atoms with E-state index in [0.717, 1.165) is 29.4 Å². The van der Waals surface area contributed by atoms with Crippen LogP contribution in [0.5, 0.6) is 0 Å². The number of amides is 1. The molecule has 0 aliphatic carbocycles. The van der Waals surface area contributed by atoms with Gasteiger partial charge in [-0.05, 0) is 22.3 Å². The van der Waals surface area contributed by atoms with Crippen LogP contribution in [0.15, 0.2) is 121 Å². The highest BCUT2D eigenvalue weighted by Crippen LogP contribution is 2.44. The molecule has 2 aliphatic heterocycles. The average Bonchev–Trinajstić information content (AvgIpc) is 3.40. The number of methoxy groups -OCH3 is 1. The zero-order valence-corrected chi connectivity index (χ0v) is 27.9. The van der Waals surface area contributed by atoms with Crippen molar-refractivity contribution in [1.29, 1.82) is 0 Å². The van der Waals surface area contributed by atoms with E-state index < -0.39 is 53.1 Å². The third-order valence-electron chi connectivity index (χ3n) is 8.35. The summed E-state index contributed by atoms with van der Waals surface area (Å²) in [5.41, 5.74) is 1.47. The monoisotopic (exact) mass is 689 g/mol. The minimum atomic E-state index is -4.66. The number of hydrogen-bond donors (Lipinski definition) is 0. The molecule has 5 atom stereocenters. The lowest BCUT2D eigenvalue weighted by atomic mass is 9.89. The fourth-order valence-electron chi connectivity index (χ4n) is 6.00. The molecule has 49 heavy (non-hydrogen) atoms. The molecule has 1 amide bonds. The van der Waals surface area contributed by atoms with E-state index in [0.29, 0.717) is 4.31 Å². The molecule has 11 nitrogen and oxygen atoms in total. The molecule has 0 N–H and O–H groups in total. The van der Waals surface area contributed by atoms with E-state index in [1.54, 1.807) is 0 Å². The van der Waals surface area contributed by atoms with Gasteiger partial charge < -0.3 is 28.4 Å². The quantitative estimate of drug-likeness (QED) is 0.181. The van der Waals surface area contributed by atoms with E-state index in [1.807, 2.05) is 121 Å². The molecule has 1 spiro atoms. The number of nitrogens with zero attached hydrogens (tertiary/aromatic N) is 1. The standard InChI is InChI=1S/C37H39NO10S/c1-42-36(39)38-37(27-47-49(38,40)41)35(46-25-31-20-12-5-13-21-31)34(45-24-30-18-10-4-11-19-30)33(44-23-29-16-8-3-9-17-29)32(48-37)26-43-22-28-14-6-2-7-15-28/h2-21,32-35H,22-27H2,1H3/t32?,33-,34?,35?,37-/m1/s1. The SMILES string of the molecule is COC(=O)N1[C@]2(COS1(=O)=O)OC(COCc1ccccc1)[C@@H](OCc1ccccc1)C(OCc1ccccc1)C2OCc1ccccc1. The summed E-state index contributed by atoms with van der Waals surface area (Å²) in [6.45, 7) is -0.0163. The van der Waals surface area contributed by atoms with Crippen molar-refractivity contribution in [3.8, 4) is 0 Å². The largest absolute Gasteiger partial charge is 0.452 e. The molecule has 2 heterocycles. The predicted octanol–water partition coefficient (Wildman–Crippen LogP) is 5.40. The van der Waals surface area contributed by atoms with Crippen LogP contribution in [0.2, 0.25) is 0 Å². The molecule has 258 valence electrons. The smallest absolute Gasteiger partial charge is 0.427 e. The van der Waals surface area contributed by atoms with Gasteiger partial charge in [0.2, 0.25) is 5.72 Å².